The maximum atomic E-state index is 5.23. The van der Waals surface area contributed by atoms with Gasteiger partial charge in [0.05, 0.1) is 19.8 Å². The number of pyridine rings is 1. The molecule has 0 saturated carbocycles. The molecule has 1 aromatic rings. The molecule has 16 heavy (non-hydrogen) atoms. The number of hydrogen-bond donors (Lipinski definition) is 1. The van der Waals surface area contributed by atoms with Gasteiger partial charge in [-0.3, -0.25) is 0 Å². The van der Waals surface area contributed by atoms with E-state index in [1.54, 1.807) is 27.5 Å². The fourth-order valence-electron chi connectivity index (χ4n) is 1.29. The van der Waals surface area contributed by atoms with Gasteiger partial charge < -0.3 is 19.5 Å². The summed E-state index contributed by atoms with van der Waals surface area (Å²) < 4.78 is 15.4. The highest BCUT2D eigenvalue weighted by molar-refractivity contribution is 5.49. The predicted molar refractivity (Wildman–Crippen MR) is 62.0 cm³/mol. The second-order valence-electron chi connectivity index (χ2n) is 3.25. The highest BCUT2D eigenvalue weighted by atomic mass is 16.5. The van der Waals surface area contributed by atoms with Crippen LogP contribution in [0.3, 0.4) is 0 Å². The summed E-state index contributed by atoms with van der Waals surface area (Å²) in [6, 6.07) is 3.68. The Morgan fingerprint density at radius 2 is 2.19 bits per heavy atom. The van der Waals surface area contributed by atoms with Crippen LogP contribution in [0, 0.1) is 0 Å². The number of nitrogens with zero attached hydrogens (tertiary/aromatic N) is 1. The molecular weight excluding hydrogens is 208 g/mol. The second kappa shape index (κ2) is 7.03. The fourth-order valence-corrected chi connectivity index (χ4v) is 1.29. The van der Waals surface area contributed by atoms with E-state index < -0.39 is 0 Å². The summed E-state index contributed by atoms with van der Waals surface area (Å²) in [5.41, 5.74) is 0. The van der Waals surface area contributed by atoms with Gasteiger partial charge in [0.25, 0.3) is 0 Å². The van der Waals surface area contributed by atoms with Gasteiger partial charge in [-0.25, -0.2) is 4.98 Å². The quantitative estimate of drug-likeness (QED) is 0.756. The largest absolute Gasteiger partial charge is 0.493 e. The van der Waals surface area contributed by atoms with Crippen molar-refractivity contribution in [2.24, 2.45) is 0 Å². The lowest BCUT2D eigenvalue weighted by Crippen LogP contribution is -2.27. The van der Waals surface area contributed by atoms with Crippen molar-refractivity contribution in [1.29, 1.82) is 0 Å². The van der Waals surface area contributed by atoms with Crippen LogP contribution in [0.5, 0.6) is 5.75 Å². The molecule has 5 heteroatoms. The maximum Gasteiger partial charge on any atom is 0.168 e. The molecule has 0 amide bonds. The zero-order chi connectivity index (χ0) is 11.8. The Labute approximate surface area is 95.7 Å². The number of aromatic nitrogens is 1. The summed E-state index contributed by atoms with van der Waals surface area (Å²) in [6.45, 7) is 1.16. The third-order valence-electron chi connectivity index (χ3n) is 2.17. The molecule has 1 atom stereocenters. The number of hydrogen-bond acceptors (Lipinski definition) is 5. The Hall–Kier alpha value is -1.33. The van der Waals surface area contributed by atoms with Gasteiger partial charge in [-0.2, -0.15) is 0 Å². The van der Waals surface area contributed by atoms with E-state index in [1.165, 1.54) is 0 Å². The van der Waals surface area contributed by atoms with Gasteiger partial charge in [0, 0.05) is 27.0 Å². The molecule has 0 aliphatic rings. The molecule has 1 N–H and O–H groups in total. The minimum atomic E-state index is -0.00304. The minimum absolute atomic E-state index is 0.00304. The highest BCUT2D eigenvalue weighted by Gasteiger charge is 2.08. The molecule has 90 valence electrons. The van der Waals surface area contributed by atoms with Crippen LogP contribution >= 0.6 is 0 Å². The molecule has 0 radical (unpaired) electrons. The monoisotopic (exact) mass is 226 g/mol. The van der Waals surface area contributed by atoms with Crippen molar-refractivity contribution in [2.75, 3.05) is 39.8 Å². The van der Waals surface area contributed by atoms with E-state index in [0.717, 1.165) is 5.75 Å². The van der Waals surface area contributed by atoms with Gasteiger partial charge >= 0.3 is 0 Å². The summed E-state index contributed by atoms with van der Waals surface area (Å²) in [4.78, 5) is 4.18. The number of anilines is 1. The molecule has 0 bridgehead atoms. The average Bonchev–Trinajstić information content (AvgIpc) is 2.34. The van der Waals surface area contributed by atoms with E-state index in [2.05, 4.69) is 10.3 Å². The first-order valence-corrected chi connectivity index (χ1v) is 5.06. The zero-order valence-electron chi connectivity index (χ0n) is 9.90. The standard InChI is InChI=1S/C11H18N2O3/c1-14-8-9(15-2)7-13-11-10(16-3)5-4-6-12-11/h4-6,9H,7-8H2,1-3H3,(H,12,13). The van der Waals surface area contributed by atoms with Crippen LogP contribution < -0.4 is 10.1 Å². The average molecular weight is 226 g/mol. The fraction of sp³-hybridized carbons (Fsp3) is 0.545. The Bertz CT molecular complexity index is 307. The highest BCUT2D eigenvalue weighted by Crippen LogP contribution is 2.19. The van der Waals surface area contributed by atoms with Crippen molar-refractivity contribution in [3.8, 4) is 5.75 Å². The summed E-state index contributed by atoms with van der Waals surface area (Å²) in [5, 5.41) is 3.16. The van der Waals surface area contributed by atoms with Gasteiger partial charge in [-0.15, -0.1) is 0 Å². The maximum absolute atomic E-state index is 5.23. The minimum Gasteiger partial charge on any atom is -0.493 e. The molecule has 0 fully saturated rings. The molecular formula is C11H18N2O3. The van der Waals surface area contributed by atoms with E-state index in [1.807, 2.05) is 12.1 Å². The van der Waals surface area contributed by atoms with Crippen LogP contribution in [0.25, 0.3) is 0 Å². The molecule has 5 nitrogen and oxygen atoms in total. The van der Waals surface area contributed by atoms with Crippen LogP contribution in [0.1, 0.15) is 0 Å². The van der Waals surface area contributed by atoms with Gasteiger partial charge in [-0.1, -0.05) is 0 Å². The van der Waals surface area contributed by atoms with Crippen LogP contribution in [0.2, 0.25) is 0 Å². The van der Waals surface area contributed by atoms with E-state index in [9.17, 15) is 0 Å². The van der Waals surface area contributed by atoms with Crippen LogP contribution in [0.15, 0.2) is 18.3 Å². The molecule has 1 rings (SSSR count). The molecule has 0 spiro atoms. The first-order chi connectivity index (χ1) is 7.81. The number of nitrogens with one attached hydrogen (secondary N) is 1. The normalized spacial score (nSPS) is 12.2. The van der Waals surface area contributed by atoms with E-state index in [0.29, 0.717) is 19.0 Å². The van der Waals surface area contributed by atoms with Crippen molar-refractivity contribution in [3.63, 3.8) is 0 Å². The Balaban J connectivity index is 2.52. The Kier molecular flexibility index (Phi) is 5.60. The zero-order valence-corrected chi connectivity index (χ0v) is 9.90. The molecule has 0 aliphatic carbocycles. The van der Waals surface area contributed by atoms with Gasteiger partial charge in [-0.05, 0) is 12.1 Å². The third kappa shape index (κ3) is 3.67. The van der Waals surface area contributed by atoms with E-state index >= 15 is 0 Å². The predicted octanol–water partition coefficient (Wildman–Crippen LogP) is 1.16. The van der Waals surface area contributed by atoms with Gasteiger partial charge in [0.2, 0.25) is 0 Å². The summed E-state index contributed by atoms with van der Waals surface area (Å²) in [5.74, 6) is 1.43. The second-order valence-corrected chi connectivity index (χ2v) is 3.25. The number of methoxy groups -OCH3 is 3. The SMILES string of the molecule is COCC(CNc1ncccc1OC)OC. The smallest absolute Gasteiger partial charge is 0.168 e. The Morgan fingerprint density at radius 1 is 1.38 bits per heavy atom. The van der Waals surface area contributed by atoms with Crippen LogP contribution in [-0.4, -0.2) is 45.6 Å². The van der Waals surface area contributed by atoms with Crippen LogP contribution in [-0.2, 0) is 9.47 Å². The number of ether oxygens (including phenoxy) is 3. The van der Waals surface area contributed by atoms with Crippen molar-refractivity contribution in [2.45, 2.75) is 6.10 Å². The first-order valence-electron chi connectivity index (χ1n) is 5.06. The lowest BCUT2D eigenvalue weighted by Gasteiger charge is -2.16. The van der Waals surface area contributed by atoms with Crippen molar-refractivity contribution in [3.05, 3.63) is 18.3 Å². The van der Waals surface area contributed by atoms with Crippen molar-refractivity contribution >= 4 is 5.82 Å². The Morgan fingerprint density at radius 3 is 2.81 bits per heavy atom. The molecule has 0 saturated heterocycles. The lowest BCUT2D eigenvalue weighted by atomic mass is 10.3. The first kappa shape index (κ1) is 12.7. The summed E-state index contributed by atoms with van der Waals surface area (Å²) >= 11 is 0. The van der Waals surface area contributed by atoms with Crippen molar-refractivity contribution < 1.29 is 14.2 Å². The van der Waals surface area contributed by atoms with Gasteiger partial charge in [0.15, 0.2) is 11.6 Å². The molecule has 0 aliphatic heterocycles. The van der Waals surface area contributed by atoms with E-state index in [-0.39, 0.29) is 6.10 Å². The molecule has 1 aromatic heterocycles. The number of rotatable bonds is 7. The molecule has 1 unspecified atom stereocenters. The molecule has 0 aromatic carbocycles. The van der Waals surface area contributed by atoms with Crippen molar-refractivity contribution in [1.82, 2.24) is 4.98 Å². The molecule has 1 heterocycles. The summed E-state index contributed by atoms with van der Waals surface area (Å²) in [6.07, 6.45) is 1.71. The van der Waals surface area contributed by atoms with Crippen LogP contribution in [0.4, 0.5) is 5.82 Å². The third-order valence-corrected chi connectivity index (χ3v) is 2.17. The van der Waals surface area contributed by atoms with Gasteiger partial charge in [0.1, 0.15) is 0 Å². The summed E-state index contributed by atoms with van der Waals surface area (Å²) in [7, 11) is 4.92. The van der Waals surface area contributed by atoms with E-state index in [4.69, 9.17) is 14.2 Å². The lowest BCUT2D eigenvalue weighted by molar-refractivity contribution is 0.0365. The topological polar surface area (TPSA) is 52.6 Å².